The van der Waals surface area contributed by atoms with Gasteiger partial charge in [0.2, 0.25) is 0 Å². The predicted octanol–water partition coefficient (Wildman–Crippen LogP) is 1.06. The minimum absolute atomic E-state index is 0.0108. The van der Waals surface area contributed by atoms with Crippen LogP contribution in [0.5, 0.6) is 11.5 Å². The molecule has 1 atom stereocenters. The summed E-state index contributed by atoms with van der Waals surface area (Å²) in [6.45, 7) is 0.0702. The van der Waals surface area contributed by atoms with Gasteiger partial charge in [-0.05, 0) is 30.3 Å². The summed E-state index contributed by atoms with van der Waals surface area (Å²) in [6, 6.07) is 11.7. The molecule has 0 fully saturated rings. The van der Waals surface area contributed by atoms with E-state index in [4.69, 9.17) is 9.47 Å². The van der Waals surface area contributed by atoms with Crippen molar-refractivity contribution in [3.05, 3.63) is 64.7 Å². The number of amides is 1. The molecule has 30 heavy (non-hydrogen) atoms. The highest BCUT2D eigenvalue weighted by Crippen LogP contribution is 2.32. The zero-order valence-corrected chi connectivity index (χ0v) is 17.0. The van der Waals surface area contributed by atoms with Crippen LogP contribution in [0.4, 0.5) is 0 Å². The van der Waals surface area contributed by atoms with Crippen molar-refractivity contribution < 1.29 is 19.4 Å². The van der Waals surface area contributed by atoms with Crippen molar-refractivity contribution in [2.24, 2.45) is 7.05 Å². The van der Waals surface area contributed by atoms with Gasteiger partial charge in [0.15, 0.2) is 0 Å². The molecule has 0 spiro atoms. The van der Waals surface area contributed by atoms with Crippen molar-refractivity contribution in [2.45, 2.75) is 12.6 Å². The van der Waals surface area contributed by atoms with Crippen LogP contribution >= 0.6 is 0 Å². The van der Waals surface area contributed by atoms with Crippen LogP contribution < -0.4 is 20.3 Å². The second-order valence-corrected chi connectivity index (χ2v) is 6.66. The maximum Gasteiger partial charge on any atom is 0.269 e. The van der Waals surface area contributed by atoms with E-state index in [1.54, 1.807) is 63.9 Å². The van der Waals surface area contributed by atoms with Crippen LogP contribution in [0, 0.1) is 0 Å². The maximum absolute atomic E-state index is 12.6. The highest BCUT2D eigenvalue weighted by Gasteiger charge is 2.18. The molecule has 158 valence electrons. The highest BCUT2D eigenvalue weighted by atomic mass is 16.5. The number of pyridine rings is 1. The van der Waals surface area contributed by atoms with Crippen molar-refractivity contribution in [3.8, 4) is 22.8 Å². The topological polar surface area (TPSA) is 108 Å². The number of hydrogen-bond acceptors (Lipinski definition) is 6. The van der Waals surface area contributed by atoms with E-state index in [0.29, 0.717) is 28.5 Å². The predicted molar refractivity (Wildman–Crippen MR) is 111 cm³/mol. The number of nitrogens with one attached hydrogen (secondary N) is 1. The molecule has 9 nitrogen and oxygen atoms in total. The number of carbonyl (C=O) groups excluding carboxylic acids is 1. The lowest BCUT2D eigenvalue weighted by Gasteiger charge is -2.13. The minimum atomic E-state index is -0.916. The number of aliphatic hydroxyl groups excluding tert-OH is 1. The number of aromatic nitrogens is 3. The molecule has 0 aliphatic heterocycles. The van der Waals surface area contributed by atoms with Gasteiger partial charge in [-0.25, -0.2) is 0 Å². The Hall–Kier alpha value is -3.59. The van der Waals surface area contributed by atoms with E-state index in [1.807, 2.05) is 0 Å². The SMILES string of the molecule is COc1ccc(OC)c(-c2cc(C(=O)NCC(O)Cn3ccccc3=O)n(C)n2)c1. The lowest BCUT2D eigenvalue weighted by atomic mass is 10.1. The van der Waals surface area contributed by atoms with Gasteiger partial charge in [-0.1, -0.05) is 6.07 Å². The average Bonchev–Trinajstić information content (AvgIpc) is 3.14. The van der Waals surface area contributed by atoms with Crippen LogP contribution in [0.15, 0.2) is 53.5 Å². The van der Waals surface area contributed by atoms with Crippen LogP contribution in [-0.2, 0) is 13.6 Å². The van der Waals surface area contributed by atoms with Crippen molar-refractivity contribution >= 4 is 5.91 Å². The number of rotatable bonds is 8. The maximum atomic E-state index is 12.6. The summed E-state index contributed by atoms with van der Waals surface area (Å²) in [5.74, 6) is 0.851. The molecule has 2 aromatic heterocycles. The van der Waals surface area contributed by atoms with Gasteiger partial charge < -0.3 is 24.5 Å². The van der Waals surface area contributed by atoms with Crippen LogP contribution in [0.2, 0.25) is 0 Å². The molecule has 1 aromatic carbocycles. The molecule has 3 rings (SSSR count). The number of methoxy groups -OCH3 is 2. The Morgan fingerprint density at radius 2 is 2.00 bits per heavy atom. The number of aliphatic hydroxyl groups is 1. The second kappa shape index (κ2) is 9.27. The van der Waals surface area contributed by atoms with Crippen LogP contribution in [0.1, 0.15) is 10.5 Å². The quantitative estimate of drug-likeness (QED) is 0.573. The molecule has 0 saturated carbocycles. The fourth-order valence-corrected chi connectivity index (χ4v) is 3.03. The first-order valence-electron chi connectivity index (χ1n) is 9.31. The molecule has 2 heterocycles. The monoisotopic (exact) mass is 412 g/mol. The number of hydrogen-bond donors (Lipinski definition) is 2. The number of ether oxygens (including phenoxy) is 2. The summed E-state index contributed by atoms with van der Waals surface area (Å²) in [5.41, 5.74) is 1.34. The van der Waals surface area contributed by atoms with Crippen LogP contribution in [0.25, 0.3) is 11.3 Å². The van der Waals surface area contributed by atoms with E-state index in [1.165, 1.54) is 15.3 Å². The van der Waals surface area contributed by atoms with Crippen molar-refractivity contribution in [2.75, 3.05) is 20.8 Å². The molecule has 0 bridgehead atoms. The van der Waals surface area contributed by atoms with Crippen molar-refractivity contribution in [1.82, 2.24) is 19.7 Å². The lowest BCUT2D eigenvalue weighted by Crippen LogP contribution is -2.37. The van der Waals surface area contributed by atoms with Gasteiger partial charge in [0, 0.05) is 31.4 Å². The average molecular weight is 412 g/mol. The Morgan fingerprint density at radius 1 is 1.20 bits per heavy atom. The first kappa shape index (κ1) is 21.1. The molecule has 3 aromatic rings. The van der Waals surface area contributed by atoms with E-state index < -0.39 is 12.0 Å². The molecule has 9 heteroatoms. The third kappa shape index (κ3) is 4.69. The third-order valence-electron chi connectivity index (χ3n) is 4.60. The highest BCUT2D eigenvalue weighted by molar-refractivity contribution is 5.94. The fraction of sp³-hybridized carbons (Fsp3) is 0.286. The normalized spacial score (nSPS) is 11.7. The molecule has 0 radical (unpaired) electrons. The molecule has 2 N–H and O–H groups in total. The Bertz CT molecular complexity index is 1090. The van der Waals surface area contributed by atoms with E-state index in [9.17, 15) is 14.7 Å². The van der Waals surface area contributed by atoms with Crippen molar-refractivity contribution in [3.63, 3.8) is 0 Å². The molecule has 1 amide bonds. The Kier molecular flexibility index (Phi) is 6.53. The number of nitrogens with zero attached hydrogens (tertiary/aromatic N) is 3. The number of benzene rings is 1. The molecule has 0 aliphatic carbocycles. The van der Waals surface area contributed by atoms with Gasteiger partial charge in [-0.2, -0.15) is 5.10 Å². The first-order valence-corrected chi connectivity index (χ1v) is 9.31. The summed E-state index contributed by atoms with van der Waals surface area (Å²) in [5, 5.41) is 17.3. The summed E-state index contributed by atoms with van der Waals surface area (Å²) in [7, 11) is 4.78. The van der Waals surface area contributed by atoms with Gasteiger partial charge in [-0.3, -0.25) is 14.3 Å². The Balaban J connectivity index is 1.71. The molecular formula is C21H24N4O5. The van der Waals surface area contributed by atoms with Crippen molar-refractivity contribution in [1.29, 1.82) is 0 Å². The largest absolute Gasteiger partial charge is 0.497 e. The van der Waals surface area contributed by atoms with Gasteiger partial charge in [0.1, 0.15) is 17.2 Å². The summed E-state index contributed by atoms with van der Waals surface area (Å²) < 4.78 is 13.5. The zero-order chi connectivity index (χ0) is 21.7. The molecule has 1 unspecified atom stereocenters. The zero-order valence-electron chi connectivity index (χ0n) is 17.0. The van der Waals surface area contributed by atoms with Crippen LogP contribution in [0.3, 0.4) is 0 Å². The van der Waals surface area contributed by atoms with E-state index in [0.717, 1.165) is 0 Å². The standard InChI is InChI=1S/C21H24N4O5/c1-24-18(11-17(23-24)16-10-15(29-2)7-8-19(16)30-3)21(28)22-12-14(26)13-25-9-5-4-6-20(25)27/h4-11,14,26H,12-13H2,1-3H3,(H,22,28). The molecule has 0 saturated heterocycles. The Morgan fingerprint density at radius 3 is 2.70 bits per heavy atom. The lowest BCUT2D eigenvalue weighted by molar-refractivity contribution is 0.0894. The summed E-state index contributed by atoms with van der Waals surface area (Å²) in [4.78, 5) is 24.3. The van der Waals surface area contributed by atoms with E-state index in [2.05, 4.69) is 10.4 Å². The van der Waals surface area contributed by atoms with Gasteiger partial charge in [0.25, 0.3) is 11.5 Å². The summed E-state index contributed by atoms with van der Waals surface area (Å²) in [6.07, 6.45) is 0.669. The second-order valence-electron chi connectivity index (χ2n) is 6.66. The van der Waals surface area contributed by atoms with Gasteiger partial charge in [-0.15, -0.1) is 0 Å². The third-order valence-corrected chi connectivity index (χ3v) is 4.60. The van der Waals surface area contributed by atoms with E-state index >= 15 is 0 Å². The number of carbonyl (C=O) groups is 1. The fourth-order valence-electron chi connectivity index (χ4n) is 3.03. The molecular weight excluding hydrogens is 388 g/mol. The smallest absolute Gasteiger partial charge is 0.269 e. The number of aryl methyl sites for hydroxylation is 1. The Labute approximate surface area is 173 Å². The van der Waals surface area contributed by atoms with Gasteiger partial charge >= 0.3 is 0 Å². The van der Waals surface area contributed by atoms with Gasteiger partial charge in [0.05, 0.1) is 32.6 Å². The summed E-state index contributed by atoms with van der Waals surface area (Å²) >= 11 is 0. The van der Waals surface area contributed by atoms with E-state index in [-0.39, 0.29) is 18.6 Å². The molecule has 0 aliphatic rings. The first-order chi connectivity index (χ1) is 14.4. The van der Waals surface area contributed by atoms with Crippen LogP contribution in [-0.4, -0.2) is 52.2 Å². The minimum Gasteiger partial charge on any atom is -0.497 e.